The molecule has 3 unspecified atom stereocenters. The zero-order chi connectivity index (χ0) is 12.0. The Kier molecular flexibility index (Phi) is 3.06. The van der Waals surface area contributed by atoms with E-state index in [1.807, 2.05) is 0 Å². The normalized spacial score (nSPS) is 39.9. The van der Waals surface area contributed by atoms with Gasteiger partial charge in [0.1, 0.15) is 5.78 Å². The number of ketones is 1. The molecule has 2 aliphatic carbocycles. The highest BCUT2D eigenvalue weighted by atomic mass is 28.3. The van der Waals surface area contributed by atoms with Crippen molar-refractivity contribution in [3.63, 3.8) is 0 Å². The van der Waals surface area contributed by atoms with E-state index in [-0.39, 0.29) is 5.41 Å². The van der Waals surface area contributed by atoms with E-state index in [0.29, 0.717) is 11.7 Å². The summed E-state index contributed by atoms with van der Waals surface area (Å²) in [4.78, 5) is 12.3. The molecule has 1 nitrogen and oxygen atoms in total. The molecule has 1 spiro atoms. The summed E-state index contributed by atoms with van der Waals surface area (Å²) in [6.07, 6.45) is 5.82. The van der Waals surface area contributed by atoms with Gasteiger partial charge in [-0.1, -0.05) is 39.0 Å². The second-order valence-electron chi connectivity index (χ2n) is 7.27. The minimum absolute atomic E-state index is 0.137. The van der Waals surface area contributed by atoms with Crippen LogP contribution in [0.25, 0.3) is 0 Å². The number of hydrogen-bond donors (Lipinski definition) is 0. The molecular weight excluding hydrogens is 212 g/mol. The van der Waals surface area contributed by atoms with Gasteiger partial charge in [0.25, 0.3) is 0 Å². The molecule has 0 N–H and O–H groups in total. The lowest BCUT2D eigenvalue weighted by Gasteiger charge is -2.57. The molecule has 2 aliphatic rings. The first-order valence-electron chi connectivity index (χ1n) is 6.89. The van der Waals surface area contributed by atoms with Crippen molar-refractivity contribution in [1.29, 1.82) is 0 Å². The highest BCUT2D eigenvalue weighted by Gasteiger charge is 2.57. The van der Waals surface area contributed by atoms with Crippen molar-refractivity contribution in [2.75, 3.05) is 0 Å². The first-order chi connectivity index (χ1) is 7.36. The molecule has 3 atom stereocenters. The SMILES string of the molecule is CC1CC(C[Si](C)(C)C)C12CCCCC2=O. The minimum atomic E-state index is -1.01. The monoisotopic (exact) mass is 238 g/mol. The van der Waals surface area contributed by atoms with Crippen molar-refractivity contribution in [1.82, 2.24) is 0 Å². The van der Waals surface area contributed by atoms with Crippen LogP contribution in [0.1, 0.15) is 39.0 Å². The Morgan fingerprint density at radius 3 is 2.50 bits per heavy atom. The molecule has 2 rings (SSSR count). The van der Waals surface area contributed by atoms with Crippen LogP contribution in [-0.2, 0) is 4.79 Å². The van der Waals surface area contributed by atoms with Crippen LogP contribution in [0.4, 0.5) is 0 Å². The van der Waals surface area contributed by atoms with Crippen LogP contribution in [0.3, 0.4) is 0 Å². The standard InChI is InChI=1S/C14H26OSi/c1-11-9-12(10-16(2,3)4)14(11)8-6-5-7-13(14)15/h11-12H,5-10H2,1-4H3. The summed E-state index contributed by atoms with van der Waals surface area (Å²) >= 11 is 0. The van der Waals surface area contributed by atoms with Crippen molar-refractivity contribution in [3.05, 3.63) is 0 Å². The topological polar surface area (TPSA) is 17.1 Å². The third-order valence-corrected chi connectivity index (χ3v) is 6.59. The molecule has 0 radical (unpaired) electrons. The van der Waals surface area contributed by atoms with Gasteiger partial charge < -0.3 is 0 Å². The molecule has 0 heterocycles. The molecule has 92 valence electrons. The van der Waals surface area contributed by atoms with Gasteiger partial charge >= 0.3 is 0 Å². The molecule has 0 amide bonds. The summed E-state index contributed by atoms with van der Waals surface area (Å²) in [6, 6.07) is 1.36. The second-order valence-corrected chi connectivity index (χ2v) is 12.8. The van der Waals surface area contributed by atoms with Crippen LogP contribution in [0, 0.1) is 17.3 Å². The molecule has 16 heavy (non-hydrogen) atoms. The Bertz CT molecular complexity index is 292. The fourth-order valence-electron chi connectivity index (χ4n) is 4.12. The van der Waals surface area contributed by atoms with E-state index in [4.69, 9.17) is 0 Å². The molecule has 0 aromatic heterocycles. The highest BCUT2D eigenvalue weighted by Crippen LogP contribution is 2.60. The van der Waals surface area contributed by atoms with E-state index in [1.54, 1.807) is 0 Å². The van der Waals surface area contributed by atoms with Gasteiger partial charge in [0, 0.05) is 19.9 Å². The van der Waals surface area contributed by atoms with Gasteiger partial charge in [-0.05, 0) is 31.1 Å². The number of rotatable bonds is 2. The number of Topliss-reactive ketones (excluding diaryl/α,β-unsaturated/α-hetero) is 1. The summed E-state index contributed by atoms with van der Waals surface area (Å²) in [5.41, 5.74) is 0.137. The molecule has 0 bridgehead atoms. The van der Waals surface area contributed by atoms with Crippen LogP contribution < -0.4 is 0 Å². The van der Waals surface area contributed by atoms with Crippen LogP contribution in [-0.4, -0.2) is 13.9 Å². The van der Waals surface area contributed by atoms with Gasteiger partial charge in [-0.15, -0.1) is 0 Å². The van der Waals surface area contributed by atoms with Gasteiger partial charge in [-0.3, -0.25) is 4.79 Å². The first-order valence-corrected chi connectivity index (χ1v) is 10.6. The molecule has 2 heteroatoms. The fourth-order valence-corrected chi connectivity index (χ4v) is 6.13. The summed E-state index contributed by atoms with van der Waals surface area (Å²) in [6.45, 7) is 9.63. The van der Waals surface area contributed by atoms with E-state index < -0.39 is 8.07 Å². The van der Waals surface area contributed by atoms with Crippen LogP contribution in [0.15, 0.2) is 0 Å². The van der Waals surface area contributed by atoms with Crippen molar-refractivity contribution in [2.24, 2.45) is 17.3 Å². The summed E-state index contributed by atoms with van der Waals surface area (Å²) in [5, 5.41) is 0. The lowest BCUT2D eigenvalue weighted by atomic mass is 9.48. The van der Waals surface area contributed by atoms with E-state index in [9.17, 15) is 4.79 Å². The largest absolute Gasteiger partial charge is 0.299 e. The van der Waals surface area contributed by atoms with Gasteiger partial charge in [0.15, 0.2) is 0 Å². The van der Waals surface area contributed by atoms with Crippen molar-refractivity contribution in [2.45, 2.75) is 64.7 Å². The lowest BCUT2D eigenvalue weighted by Crippen LogP contribution is -2.56. The minimum Gasteiger partial charge on any atom is -0.299 e. The molecule has 0 aromatic carbocycles. The van der Waals surface area contributed by atoms with Crippen molar-refractivity contribution in [3.8, 4) is 0 Å². The maximum absolute atomic E-state index is 12.3. The Morgan fingerprint density at radius 2 is 2.00 bits per heavy atom. The number of carbonyl (C=O) groups is 1. The molecule has 0 saturated heterocycles. The van der Waals surface area contributed by atoms with E-state index >= 15 is 0 Å². The zero-order valence-electron chi connectivity index (χ0n) is 11.3. The molecule has 2 saturated carbocycles. The summed E-state index contributed by atoms with van der Waals surface area (Å²) < 4.78 is 0. The van der Waals surface area contributed by atoms with Crippen LogP contribution in [0.5, 0.6) is 0 Å². The molecule has 2 fully saturated rings. The van der Waals surface area contributed by atoms with Crippen LogP contribution >= 0.6 is 0 Å². The maximum Gasteiger partial charge on any atom is 0.139 e. The van der Waals surface area contributed by atoms with Crippen LogP contribution in [0.2, 0.25) is 25.7 Å². The Balaban J connectivity index is 2.14. The van der Waals surface area contributed by atoms with E-state index in [2.05, 4.69) is 26.6 Å². The van der Waals surface area contributed by atoms with Gasteiger partial charge in [0.05, 0.1) is 0 Å². The smallest absolute Gasteiger partial charge is 0.139 e. The lowest BCUT2D eigenvalue weighted by molar-refractivity contribution is -0.151. The fraction of sp³-hybridized carbons (Fsp3) is 0.929. The molecule has 0 aliphatic heterocycles. The molecule has 0 aromatic rings. The Labute approximate surface area is 101 Å². The maximum atomic E-state index is 12.3. The average Bonchev–Trinajstić information content (AvgIpc) is 2.16. The third kappa shape index (κ3) is 1.89. The van der Waals surface area contributed by atoms with Crippen molar-refractivity contribution < 1.29 is 4.79 Å². The van der Waals surface area contributed by atoms with Gasteiger partial charge in [0.2, 0.25) is 0 Å². The first kappa shape index (κ1) is 12.3. The van der Waals surface area contributed by atoms with E-state index in [1.165, 1.54) is 25.3 Å². The average molecular weight is 238 g/mol. The Morgan fingerprint density at radius 1 is 1.31 bits per heavy atom. The predicted molar refractivity (Wildman–Crippen MR) is 71.3 cm³/mol. The highest BCUT2D eigenvalue weighted by molar-refractivity contribution is 6.76. The Hall–Kier alpha value is -0.113. The second kappa shape index (κ2) is 3.97. The summed E-state index contributed by atoms with van der Waals surface area (Å²) in [5.74, 6) is 2.02. The quantitative estimate of drug-likeness (QED) is 0.662. The summed E-state index contributed by atoms with van der Waals surface area (Å²) in [7, 11) is -1.01. The van der Waals surface area contributed by atoms with Crippen molar-refractivity contribution >= 4 is 13.9 Å². The third-order valence-electron chi connectivity index (χ3n) is 4.87. The zero-order valence-corrected chi connectivity index (χ0v) is 12.3. The number of hydrogen-bond acceptors (Lipinski definition) is 1. The molecular formula is C14H26OSi. The number of carbonyl (C=O) groups excluding carboxylic acids is 1. The van der Waals surface area contributed by atoms with Gasteiger partial charge in [-0.2, -0.15) is 0 Å². The van der Waals surface area contributed by atoms with Gasteiger partial charge in [-0.25, -0.2) is 0 Å². The van der Waals surface area contributed by atoms with E-state index in [0.717, 1.165) is 18.8 Å². The predicted octanol–water partition coefficient (Wildman–Crippen LogP) is 4.11.